The first kappa shape index (κ1) is 23.0. The monoisotopic (exact) mass is 462 g/mol. The largest absolute Gasteiger partial charge is 0.573 e. The summed E-state index contributed by atoms with van der Waals surface area (Å²) in [7, 11) is 0. The topological polar surface area (TPSA) is 49.7 Å². The van der Waals surface area contributed by atoms with Crippen molar-refractivity contribution in [2.45, 2.75) is 77.4 Å². The SMILES string of the molecule is CC12CCC(O)CC1=CCC1C2CCC2(C)C(O)C(=Cc3ccc(OC(F)(F)F)cc3)CC12. The second-order valence-corrected chi connectivity index (χ2v) is 11.1. The number of fused-ring (bicyclic) bond motifs is 5. The Bertz CT molecular complexity index is 966. The Hall–Kier alpha value is -1.79. The van der Waals surface area contributed by atoms with E-state index in [9.17, 15) is 23.4 Å². The van der Waals surface area contributed by atoms with Crippen LogP contribution in [0.1, 0.15) is 64.4 Å². The van der Waals surface area contributed by atoms with Crippen molar-refractivity contribution in [2.24, 2.45) is 28.6 Å². The van der Waals surface area contributed by atoms with Gasteiger partial charge in [-0.25, -0.2) is 0 Å². The zero-order valence-electron chi connectivity index (χ0n) is 19.2. The molecule has 0 radical (unpaired) electrons. The molecule has 6 heteroatoms. The molecular formula is C27H33F3O3. The molecule has 2 N–H and O–H groups in total. The lowest BCUT2D eigenvalue weighted by Crippen LogP contribution is -2.51. The third-order valence-corrected chi connectivity index (χ3v) is 9.41. The van der Waals surface area contributed by atoms with Crippen LogP contribution in [0.15, 0.2) is 41.5 Å². The highest BCUT2D eigenvalue weighted by molar-refractivity contribution is 5.56. The van der Waals surface area contributed by atoms with Gasteiger partial charge in [-0.05, 0) is 91.4 Å². The first-order chi connectivity index (χ1) is 15.5. The van der Waals surface area contributed by atoms with Crippen molar-refractivity contribution in [1.82, 2.24) is 0 Å². The van der Waals surface area contributed by atoms with E-state index in [0.717, 1.165) is 56.1 Å². The molecule has 33 heavy (non-hydrogen) atoms. The summed E-state index contributed by atoms with van der Waals surface area (Å²) in [4.78, 5) is 0. The van der Waals surface area contributed by atoms with Gasteiger partial charge in [-0.15, -0.1) is 13.2 Å². The number of allylic oxidation sites excluding steroid dienone is 1. The molecule has 0 amide bonds. The van der Waals surface area contributed by atoms with Gasteiger partial charge in [0.25, 0.3) is 0 Å². The van der Waals surface area contributed by atoms with E-state index in [1.54, 1.807) is 12.1 Å². The average Bonchev–Trinajstić information content (AvgIpc) is 2.99. The van der Waals surface area contributed by atoms with Crippen molar-refractivity contribution in [1.29, 1.82) is 0 Å². The highest BCUT2D eigenvalue weighted by atomic mass is 19.4. The van der Waals surface area contributed by atoms with Crippen molar-refractivity contribution in [3.63, 3.8) is 0 Å². The zero-order chi connectivity index (χ0) is 23.6. The van der Waals surface area contributed by atoms with Gasteiger partial charge in [0.15, 0.2) is 0 Å². The summed E-state index contributed by atoms with van der Waals surface area (Å²) in [5, 5.41) is 21.5. The van der Waals surface area contributed by atoms with Gasteiger partial charge >= 0.3 is 6.36 Å². The fourth-order valence-corrected chi connectivity index (χ4v) is 7.62. The second-order valence-electron chi connectivity index (χ2n) is 11.1. The molecular weight excluding hydrogens is 429 g/mol. The van der Waals surface area contributed by atoms with Crippen molar-refractivity contribution in [3.05, 3.63) is 47.1 Å². The number of aliphatic hydroxyl groups excluding tert-OH is 2. The summed E-state index contributed by atoms with van der Waals surface area (Å²) in [5.74, 6) is 1.23. The number of aliphatic hydroxyl groups is 2. The summed E-state index contributed by atoms with van der Waals surface area (Å²) in [5.41, 5.74) is 3.15. The van der Waals surface area contributed by atoms with Crippen LogP contribution in [0.3, 0.4) is 0 Å². The van der Waals surface area contributed by atoms with Gasteiger partial charge in [-0.3, -0.25) is 0 Å². The number of hydrogen-bond donors (Lipinski definition) is 2. The van der Waals surface area contributed by atoms with Crippen LogP contribution in [0.4, 0.5) is 13.2 Å². The normalized spacial score (nSPS) is 41.7. The van der Waals surface area contributed by atoms with Crippen LogP contribution in [0.5, 0.6) is 5.75 Å². The Labute approximate surface area is 193 Å². The smallest absolute Gasteiger partial charge is 0.406 e. The van der Waals surface area contributed by atoms with E-state index in [1.807, 2.05) is 6.08 Å². The summed E-state index contributed by atoms with van der Waals surface area (Å²) in [6, 6.07) is 5.85. The molecule has 1 aromatic rings. The lowest BCUT2D eigenvalue weighted by atomic mass is 9.48. The molecule has 4 aliphatic rings. The Kier molecular flexibility index (Phi) is 5.48. The molecule has 3 nitrogen and oxygen atoms in total. The molecule has 4 aliphatic carbocycles. The van der Waals surface area contributed by atoms with E-state index in [2.05, 4.69) is 24.7 Å². The van der Waals surface area contributed by atoms with Gasteiger partial charge < -0.3 is 14.9 Å². The van der Waals surface area contributed by atoms with Crippen LogP contribution in [-0.4, -0.2) is 28.8 Å². The first-order valence-electron chi connectivity index (χ1n) is 12.1. The number of alkyl halides is 3. The van der Waals surface area contributed by atoms with E-state index in [-0.39, 0.29) is 22.7 Å². The van der Waals surface area contributed by atoms with Crippen LogP contribution in [0, 0.1) is 28.6 Å². The Morgan fingerprint density at radius 2 is 1.73 bits per heavy atom. The minimum Gasteiger partial charge on any atom is -0.406 e. The second kappa shape index (κ2) is 7.88. The predicted molar refractivity (Wildman–Crippen MR) is 120 cm³/mol. The van der Waals surface area contributed by atoms with Crippen LogP contribution in [0.25, 0.3) is 6.08 Å². The lowest BCUT2D eigenvalue weighted by molar-refractivity contribution is -0.274. The molecule has 7 atom stereocenters. The van der Waals surface area contributed by atoms with Crippen LogP contribution in [0.2, 0.25) is 0 Å². The van der Waals surface area contributed by atoms with Crippen molar-refractivity contribution >= 4 is 6.08 Å². The molecule has 0 bridgehead atoms. The molecule has 180 valence electrons. The van der Waals surface area contributed by atoms with Crippen LogP contribution in [-0.2, 0) is 0 Å². The molecule has 1 aromatic carbocycles. The molecule has 7 unspecified atom stereocenters. The number of halogens is 3. The summed E-state index contributed by atoms with van der Waals surface area (Å²) >= 11 is 0. The van der Waals surface area contributed by atoms with E-state index in [1.165, 1.54) is 17.7 Å². The fraction of sp³-hybridized carbons (Fsp3) is 0.630. The first-order valence-corrected chi connectivity index (χ1v) is 12.1. The molecule has 5 rings (SSSR count). The zero-order valence-corrected chi connectivity index (χ0v) is 19.2. The van der Waals surface area contributed by atoms with E-state index < -0.39 is 12.5 Å². The third kappa shape index (κ3) is 3.93. The van der Waals surface area contributed by atoms with Gasteiger partial charge in [0.05, 0.1) is 12.2 Å². The maximum atomic E-state index is 12.4. The van der Waals surface area contributed by atoms with Gasteiger partial charge in [0.2, 0.25) is 0 Å². The number of hydrogen-bond acceptors (Lipinski definition) is 3. The number of ether oxygens (including phenoxy) is 1. The molecule has 0 spiro atoms. The average molecular weight is 463 g/mol. The highest BCUT2D eigenvalue weighted by Gasteiger charge is 2.59. The molecule has 3 saturated carbocycles. The quantitative estimate of drug-likeness (QED) is 0.510. The van der Waals surface area contributed by atoms with Crippen LogP contribution >= 0.6 is 0 Å². The van der Waals surface area contributed by atoms with Crippen molar-refractivity contribution in [2.75, 3.05) is 0 Å². The molecule has 0 aromatic heterocycles. The maximum absolute atomic E-state index is 12.4. The number of benzene rings is 1. The van der Waals surface area contributed by atoms with E-state index >= 15 is 0 Å². The standard InChI is InChI=1S/C27H33F3O3/c1-25-11-9-19(31)15-18(25)5-8-21-22(25)10-12-26(2)23(21)14-17(24(26)32)13-16-3-6-20(7-4-16)33-27(28,29)30/h3-7,13,19,21-24,31-32H,8-12,14-15H2,1-2H3. The Morgan fingerprint density at radius 1 is 1.00 bits per heavy atom. The predicted octanol–water partition coefficient (Wildman–Crippen LogP) is 6.26. The molecule has 0 aliphatic heterocycles. The van der Waals surface area contributed by atoms with Gasteiger partial charge in [0.1, 0.15) is 5.75 Å². The molecule has 3 fully saturated rings. The highest BCUT2D eigenvalue weighted by Crippen LogP contribution is 2.65. The minimum atomic E-state index is -4.70. The summed E-state index contributed by atoms with van der Waals surface area (Å²) < 4.78 is 41.3. The maximum Gasteiger partial charge on any atom is 0.573 e. The van der Waals surface area contributed by atoms with Crippen molar-refractivity contribution in [3.8, 4) is 5.75 Å². The fourth-order valence-electron chi connectivity index (χ4n) is 7.62. The Morgan fingerprint density at radius 3 is 2.42 bits per heavy atom. The Balaban J connectivity index is 1.39. The third-order valence-electron chi connectivity index (χ3n) is 9.41. The van der Waals surface area contributed by atoms with Gasteiger partial charge in [0, 0.05) is 5.41 Å². The van der Waals surface area contributed by atoms with E-state index in [0.29, 0.717) is 17.8 Å². The van der Waals surface area contributed by atoms with E-state index in [4.69, 9.17) is 0 Å². The van der Waals surface area contributed by atoms with Gasteiger partial charge in [-0.1, -0.05) is 43.7 Å². The minimum absolute atomic E-state index is 0.148. The summed E-state index contributed by atoms with van der Waals surface area (Å²) in [6.45, 7) is 4.60. The lowest BCUT2D eigenvalue weighted by Gasteiger charge is -2.57. The van der Waals surface area contributed by atoms with Crippen molar-refractivity contribution < 1.29 is 28.1 Å². The number of rotatable bonds is 2. The van der Waals surface area contributed by atoms with Crippen LogP contribution < -0.4 is 4.74 Å². The molecule has 0 saturated heterocycles. The molecule has 0 heterocycles. The summed E-state index contributed by atoms with van der Waals surface area (Å²) in [6.07, 6.45) is 5.44. The van der Waals surface area contributed by atoms with Gasteiger partial charge in [-0.2, -0.15) is 0 Å².